The van der Waals surface area contributed by atoms with E-state index in [0.717, 1.165) is 21.0 Å². The van der Waals surface area contributed by atoms with Gasteiger partial charge in [0.05, 0.1) is 11.9 Å². The van der Waals surface area contributed by atoms with Crippen molar-refractivity contribution in [2.75, 3.05) is 22.9 Å². The third kappa shape index (κ3) is 6.29. The molecule has 0 unspecified atom stereocenters. The second kappa shape index (κ2) is 9.28. The number of nitrogens with one attached hydrogen (secondary N) is 1. The van der Waals surface area contributed by atoms with Crippen LogP contribution in [-0.2, 0) is 14.8 Å². The molecule has 1 atom stereocenters. The van der Waals surface area contributed by atoms with Crippen LogP contribution >= 0.6 is 11.8 Å². The molecule has 0 aliphatic carbocycles. The number of aryl methyl sites for hydroxylation is 2. The van der Waals surface area contributed by atoms with E-state index in [4.69, 9.17) is 0 Å². The summed E-state index contributed by atoms with van der Waals surface area (Å²) in [4.78, 5) is 13.6. The molecule has 27 heavy (non-hydrogen) atoms. The quantitative estimate of drug-likeness (QED) is 0.539. The van der Waals surface area contributed by atoms with Gasteiger partial charge in [-0.05, 0) is 45.0 Å². The van der Waals surface area contributed by atoms with Crippen LogP contribution in [0.15, 0.2) is 53.4 Å². The maximum atomic E-state index is 12.5. The number of thioether (sulfide) groups is 1. The average molecular weight is 407 g/mol. The predicted octanol–water partition coefficient (Wildman–Crippen LogP) is 3.37. The van der Waals surface area contributed by atoms with Crippen LogP contribution in [0, 0.1) is 13.8 Å². The topological polar surface area (TPSA) is 66.5 Å². The predicted molar refractivity (Wildman–Crippen MR) is 113 cm³/mol. The molecule has 0 aliphatic rings. The molecule has 0 bridgehead atoms. The van der Waals surface area contributed by atoms with Crippen LogP contribution in [0.5, 0.6) is 0 Å². The molecule has 1 N–H and O–H groups in total. The van der Waals surface area contributed by atoms with Gasteiger partial charge in [-0.25, -0.2) is 8.42 Å². The van der Waals surface area contributed by atoms with Crippen LogP contribution in [0.2, 0.25) is 0 Å². The first-order chi connectivity index (χ1) is 12.7. The van der Waals surface area contributed by atoms with E-state index < -0.39 is 16.1 Å². The lowest BCUT2D eigenvalue weighted by Crippen LogP contribution is -2.48. The molecule has 1 amide bonds. The Morgan fingerprint density at radius 1 is 1.04 bits per heavy atom. The van der Waals surface area contributed by atoms with Gasteiger partial charge in [-0.15, -0.1) is 11.8 Å². The zero-order valence-corrected chi connectivity index (χ0v) is 17.7. The summed E-state index contributed by atoms with van der Waals surface area (Å²) in [5.41, 5.74) is 2.72. The molecule has 2 aromatic rings. The van der Waals surface area contributed by atoms with Crippen LogP contribution < -0.4 is 9.62 Å². The molecule has 0 aromatic heterocycles. The number of sulfonamides is 1. The molecular weight excluding hydrogens is 380 g/mol. The summed E-state index contributed by atoms with van der Waals surface area (Å²) in [6.07, 6.45) is 1.11. The lowest BCUT2D eigenvalue weighted by Gasteiger charge is -2.28. The maximum absolute atomic E-state index is 12.5. The number of rotatable bonds is 8. The number of carbonyl (C=O) groups excluding carboxylic acids is 1. The minimum atomic E-state index is -3.59. The highest BCUT2D eigenvalue weighted by atomic mass is 32.2. The van der Waals surface area contributed by atoms with Crippen molar-refractivity contribution in [3.05, 3.63) is 59.7 Å². The Hall–Kier alpha value is -1.99. The summed E-state index contributed by atoms with van der Waals surface area (Å²) in [6, 6.07) is 14.5. The Morgan fingerprint density at radius 3 is 2.07 bits per heavy atom. The summed E-state index contributed by atoms with van der Waals surface area (Å²) in [6.45, 7) is 6.03. The molecule has 146 valence electrons. The Kier molecular flexibility index (Phi) is 7.33. The highest BCUT2D eigenvalue weighted by Crippen LogP contribution is 2.21. The summed E-state index contributed by atoms with van der Waals surface area (Å²) < 4.78 is 25.7. The summed E-state index contributed by atoms with van der Waals surface area (Å²) in [7, 11) is -3.59. The number of hydrogen-bond acceptors (Lipinski definition) is 4. The van der Waals surface area contributed by atoms with Crippen molar-refractivity contribution in [3.8, 4) is 0 Å². The smallest absolute Gasteiger partial charge is 0.243 e. The number of nitrogens with zero attached hydrogens (tertiary/aromatic N) is 1. The molecule has 2 rings (SSSR count). The van der Waals surface area contributed by atoms with Crippen LogP contribution in [0.3, 0.4) is 0 Å². The zero-order chi connectivity index (χ0) is 20.0. The normalized spacial score (nSPS) is 12.4. The standard InChI is InChI=1S/C20H26N2O3S2/c1-15-5-9-18(10-6-15)22(27(4,24)25)17(3)20(23)21-13-14-26-19-11-7-16(2)8-12-19/h5-12,17H,13-14H2,1-4H3,(H,21,23)/t17-/m0/s1. The van der Waals surface area contributed by atoms with Gasteiger partial charge < -0.3 is 5.32 Å². The van der Waals surface area contributed by atoms with E-state index in [0.29, 0.717) is 18.0 Å². The fourth-order valence-corrected chi connectivity index (χ4v) is 4.57. The van der Waals surface area contributed by atoms with Crippen molar-refractivity contribution in [1.29, 1.82) is 0 Å². The van der Waals surface area contributed by atoms with Crippen LogP contribution in [0.1, 0.15) is 18.1 Å². The van der Waals surface area contributed by atoms with Gasteiger partial charge in [0, 0.05) is 17.2 Å². The lowest BCUT2D eigenvalue weighted by atomic mass is 10.2. The average Bonchev–Trinajstić information content (AvgIpc) is 2.60. The largest absolute Gasteiger partial charge is 0.353 e. The molecule has 0 spiro atoms. The Bertz CT molecular complexity index is 863. The number of anilines is 1. The third-order valence-electron chi connectivity index (χ3n) is 4.07. The van der Waals surface area contributed by atoms with Crippen molar-refractivity contribution in [3.63, 3.8) is 0 Å². The van der Waals surface area contributed by atoms with Crippen molar-refractivity contribution in [2.45, 2.75) is 31.7 Å². The van der Waals surface area contributed by atoms with E-state index >= 15 is 0 Å². The van der Waals surface area contributed by atoms with Gasteiger partial charge >= 0.3 is 0 Å². The van der Waals surface area contributed by atoms with E-state index in [1.165, 1.54) is 5.56 Å². The van der Waals surface area contributed by atoms with E-state index in [-0.39, 0.29) is 5.91 Å². The Morgan fingerprint density at radius 2 is 1.56 bits per heavy atom. The lowest BCUT2D eigenvalue weighted by molar-refractivity contribution is -0.121. The van der Waals surface area contributed by atoms with E-state index in [9.17, 15) is 13.2 Å². The fraction of sp³-hybridized carbons (Fsp3) is 0.350. The third-order valence-corrected chi connectivity index (χ3v) is 6.32. The zero-order valence-electron chi connectivity index (χ0n) is 16.1. The first kappa shape index (κ1) is 21.3. The Labute approximate surface area is 166 Å². The monoisotopic (exact) mass is 406 g/mol. The second-order valence-electron chi connectivity index (χ2n) is 6.52. The van der Waals surface area contributed by atoms with Crippen molar-refractivity contribution in [2.24, 2.45) is 0 Å². The molecule has 0 saturated heterocycles. The number of amides is 1. The molecule has 2 aromatic carbocycles. The van der Waals surface area contributed by atoms with E-state index in [1.807, 2.05) is 38.1 Å². The van der Waals surface area contributed by atoms with Gasteiger partial charge in [0.25, 0.3) is 0 Å². The fourth-order valence-electron chi connectivity index (χ4n) is 2.63. The van der Waals surface area contributed by atoms with Crippen molar-refractivity contribution in [1.82, 2.24) is 5.32 Å². The minimum absolute atomic E-state index is 0.314. The first-order valence-corrected chi connectivity index (χ1v) is 11.5. The van der Waals surface area contributed by atoms with Crippen molar-refractivity contribution < 1.29 is 13.2 Å². The maximum Gasteiger partial charge on any atom is 0.243 e. The molecule has 7 heteroatoms. The summed E-state index contributed by atoms with van der Waals surface area (Å²) in [5, 5.41) is 2.83. The molecule has 0 heterocycles. The number of carbonyl (C=O) groups is 1. The Balaban J connectivity index is 1.96. The molecule has 0 saturated carbocycles. The van der Waals surface area contributed by atoms with Gasteiger partial charge in [0.1, 0.15) is 6.04 Å². The van der Waals surface area contributed by atoms with Crippen LogP contribution in [0.4, 0.5) is 5.69 Å². The van der Waals surface area contributed by atoms with E-state index in [1.54, 1.807) is 30.8 Å². The van der Waals surface area contributed by atoms with Gasteiger partial charge in [-0.3, -0.25) is 9.10 Å². The first-order valence-electron chi connectivity index (χ1n) is 8.72. The van der Waals surface area contributed by atoms with Crippen molar-refractivity contribution >= 4 is 33.4 Å². The van der Waals surface area contributed by atoms with E-state index in [2.05, 4.69) is 17.4 Å². The number of hydrogen-bond donors (Lipinski definition) is 1. The summed E-state index contributed by atoms with van der Waals surface area (Å²) >= 11 is 1.65. The van der Waals surface area contributed by atoms with Crippen LogP contribution in [-0.4, -0.2) is 38.9 Å². The molecule has 5 nitrogen and oxygen atoms in total. The van der Waals surface area contributed by atoms with Crippen LogP contribution in [0.25, 0.3) is 0 Å². The highest BCUT2D eigenvalue weighted by Gasteiger charge is 2.28. The molecular formula is C20H26N2O3S2. The molecule has 0 fully saturated rings. The second-order valence-corrected chi connectivity index (χ2v) is 9.55. The SMILES string of the molecule is Cc1ccc(SCCNC(=O)[C@H](C)N(c2ccc(C)cc2)S(C)(=O)=O)cc1. The summed E-state index contributed by atoms with van der Waals surface area (Å²) in [5.74, 6) is 0.399. The van der Waals surface area contributed by atoms with Gasteiger partial charge in [0.15, 0.2) is 0 Å². The van der Waals surface area contributed by atoms with Gasteiger partial charge in [-0.2, -0.15) is 0 Å². The van der Waals surface area contributed by atoms with Gasteiger partial charge in [0.2, 0.25) is 15.9 Å². The highest BCUT2D eigenvalue weighted by molar-refractivity contribution is 7.99. The minimum Gasteiger partial charge on any atom is -0.353 e. The van der Waals surface area contributed by atoms with Gasteiger partial charge in [-0.1, -0.05) is 35.4 Å². The number of benzene rings is 2. The molecule has 0 aliphatic heterocycles. The molecule has 0 radical (unpaired) electrons.